The Morgan fingerprint density at radius 1 is 1.42 bits per heavy atom. The summed E-state index contributed by atoms with van der Waals surface area (Å²) in [5, 5.41) is 9.12. The van der Waals surface area contributed by atoms with Crippen molar-refractivity contribution in [3.63, 3.8) is 0 Å². The number of carboxylic acids is 1. The molecular weight excluding hydrogens is 244 g/mol. The minimum absolute atomic E-state index is 0.309. The number of fused-ring (bicyclic) bond motifs is 1. The highest BCUT2D eigenvalue weighted by molar-refractivity contribution is 5.71. The Balaban J connectivity index is 2.40. The molecule has 5 nitrogen and oxygen atoms in total. The van der Waals surface area contributed by atoms with Crippen LogP contribution in [-0.4, -0.2) is 28.2 Å². The topological polar surface area (TPSA) is 72.3 Å². The molecule has 1 unspecified atom stereocenters. The minimum Gasteiger partial charge on any atom is -0.481 e. The standard InChI is InChI=1S/C14H20N2O3/c1-8-10-7-9(12(17)18)5-6-11(10)16-13(15-8)14(2,3)19-4/h9H,5-7H2,1-4H3,(H,17,18). The number of hydrogen-bond donors (Lipinski definition) is 1. The molecule has 0 spiro atoms. The van der Waals surface area contributed by atoms with Crippen LogP contribution >= 0.6 is 0 Å². The first-order valence-electron chi connectivity index (χ1n) is 6.50. The fourth-order valence-corrected chi connectivity index (χ4v) is 2.36. The molecule has 1 aliphatic rings. The summed E-state index contributed by atoms with van der Waals surface area (Å²) in [5.74, 6) is -0.373. The summed E-state index contributed by atoms with van der Waals surface area (Å²) in [7, 11) is 1.64. The van der Waals surface area contributed by atoms with E-state index in [1.54, 1.807) is 7.11 Å². The smallest absolute Gasteiger partial charge is 0.306 e. The van der Waals surface area contributed by atoms with Gasteiger partial charge in [-0.3, -0.25) is 4.79 Å². The predicted molar refractivity (Wildman–Crippen MR) is 70.0 cm³/mol. The number of nitrogens with zero attached hydrogens (tertiary/aromatic N) is 2. The molecule has 104 valence electrons. The van der Waals surface area contributed by atoms with Crippen LogP contribution in [0, 0.1) is 12.8 Å². The summed E-state index contributed by atoms with van der Waals surface area (Å²) in [6.07, 6.45) is 1.87. The molecule has 5 heteroatoms. The molecule has 0 radical (unpaired) electrons. The van der Waals surface area contributed by atoms with Gasteiger partial charge in [-0.2, -0.15) is 0 Å². The average molecular weight is 264 g/mol. The maximum atomic E-state index is 11.1. The molecule has 1 aromatic heterocycles. The van der Waals surface area contributed by atoms with Crippen molar-refractivity contribution >= 4 is 5.97 Å². The summed E-state index contributed by atoms with van der Waals surface area (Å²) in [6, 6.07) is 0. The lowest BCUT2D eigenvalue weighted by Gasteiger charge is -2.26. The van der Waals surface area contributed by atoms with Gasteiger partial charge in [-0.15, -0.1) is 0 Å². The summed E-state index contributed by atoms with van der Waals surface area (Å²) in [4.78, 5) is 20.2. The van der Waals surface area contributed by atoms with Crippen molar-refractivity contribution in [2.75, 3.05) is 7.11 Å². The molecule has 19 heavy (non-hydrogen) atoms. The summed E-state index contributed by atoms with van der Waals surface area (Å²) >= 11 is 0. The number of aliphatic carboxylic acids is 1. The molecule has 2 rings (SSSR count). The van der Waals surface area contributed by atoms with Gasteiger partial charge in [-0.05, 0) is 45.6 Å². The third kappa shape index (κ3) is 2.61. The number of carbonyl (C=O) groups is 1. The van der Waals surface area contributed by atoms with Crippen molar-refractivity contribution in [1.82, 2.24) is 9.97 Å². The second-order valence-electron chi connectivity index (χ2n) is 5.55. The van der Waals surface area contributed by atoms with Crippen LogP contribution in [0.1, 0.15) is 43.0 Å². The van der Waals surface area contributed by atoms with Gasteiger partial charge in [-0.1, -0.05) is 0 Å². The summed E-state index contributed by atoms with van der Waals surface area (Å²) in [5.41, 5.74) is 2.32. The van der Waals surface area contributed by atoms with Gasteiger partial charge in [-0.25, -0.2) is 9.97 Å². The van der Waals surface area contributed by atoms with Crippen molar-refractivity contribution in [2.45, 2.75) is 45.6 Å². The van der Waals surface area contributed by atoms with Gasteiger partial charge < -0.3 is 9.84 Å². The molecular formula is C14H20N2O3. The van der Waals surface area contributed by atoms with E-state index in [2.05, 4.69) is 9.97 Å². The molecule has 0 aromatic carbocycles. The Labute approximate surface area is 113 Å². The van der Waals surface area contributed by atoms with Gasteiger partial charge in [0.25, 0.3) is 0 Å². The zero-order valence-electron chi connectivity index (χ0n) is 11.9. The van der Waals surface area contributed by atoms with E-state index in [-0.39, 0.29) is 5.92 Å². The molecule has 1 aromatic rings. The van der Waals surface area contributed by atoms with E-state index < -0.39 is 11.6 Å². The molecule has 1 aliphatic carbocycles. The lowest BCUT2D eigenvalue weighted by molar-refractivity contribution is -0.142. The first kappa shape index (κ1) is 13.9. The largest absolute Gasteiger partial charge is 0.481 e. The van der Waals surface area contributed by atoms with Gasteiger partial charge in [0, 0.05) is 18.5 Å². The van der Waals surface area contributed by atoms with Gasteiger partial charge >= 0.3 is 5.97 Å². The van der Waals surface area contributed by atoms with Gasteiger partial charge in [0.2, 0.25) is 0 Å². The van der Waals surface area contributed by atoms with Crippen molar-refractivity contribution < 1.29 is 14.6 Å². The van der Waals surface area contributed by atoms with Crippen molar-refractivity contribution in [3.05, 3.63) is 22.8 Å². The maximum Gasteiger partial charge on any atom is 0.306 e. The van der Waals surface area contributed by atoms with E-state index in [0.717, 1.165) is 17.0 Å². The number of aromatic nitrogens is 2. The molecule has 1 atom stereocenters. The highest BCUT2D eigenvalue weighted by Gasteiger charge is 2.30. The highest BCUT2D eigenvalue weighted by Crippen LogP contribution is 2.29. The molecule has 1 N–H and O–H groups in total. The van der Waals surface area contributed by atoms with Crippen LogP contribution in [0.25, 0.3) is 0 Å². The Morgan fingerprint density at radius 3 is 2.68 bits per heavy atom. The molecule has 0 saturated carbocycles. The number of rotatable bonds is 3. The van der Waals surface area contributed by atoms with Crippen LogP contribution < -0.4 is 0 Å². The lowest BCUT2D eigenvalue weighted by Crippen LogP contribution is -2.28. The lowest BCUT2D eigenvalue weighted by atomic mass is 9.85. The fraction of sp³-hybridized carbons (Fsp3) is 0.643. The second kappa shape index (κ2) is 4.89. The SMILES string of the molecule is COC(C)(C)c1nc(C)c2c(n1)CCC(C(=O)O)C2. The van der Waals surface area contributed by atoms with Gasteiger partial charge in [0.15, 0.2) is 5.82 Å². The zero-order valence-corrected chi connectivity index (χ0v) is 11.9. The van der Waals surface area contributed by atoms with E-state index in [1.807, 2.05) is 20.8 Å². The zero-order chi connectivity index (χ0) is 14.2. The summed E-state index contributed by atoms with van der Waals surface area (Å²) in [6.45, 7) is 5.77. The van der Waals surface area contributed by atoms with Crippen LogP contribution in [0.3, 0.4) is 0 Å². The molecule has 0 fully saturated rings. The first-order chi connectivity index (χ1) is 8.85. The predicted octanol–water partition coefficient (Wildman–Crippen LogP) is 1.86. The second-order valence-corrected chi connectivity index (χ2v) is 5.55. The van der Waals surface area contributed by atoms with Crippen LogP contribution in [0.5, 0.6) is 0 Å². The third-order valence-electron chi connectivity index (χ3n) is 3.88. The Bertz CT molecular complexity index is 512. The van der Waals surface area contributed by atoms with E-state index in [1.165, 1.54) is 0 Å². The average Bonchev–Trinajstić information content (AvgIpc) is 2.38. The highest BCUT2D eigenvalue weighted by atomic mass is 16.5. The Hall–Kier alpha value is -1.49. The number of ether oxygens (including phenoxy) is 1. The Kier molecular flexibility index (Phi) is 3.58. The fourth-order valence-electron chi connectivity index (χ4n) is 2.36. The van der Waals surface area contributed by atoms with Crippen LogP contribution in [0.15, 0.2) is 0 Å². The monoisotopic (exact) mass is 264 g/mol. The molecule has 0 saturated heterocycles. The molecule has 1 heterocycles. The van der Waals surface area contributed by atoms with E-state index in [4.69, 9.17) is 9.84 Å². The number of methoxy groups -OCH3 is 1. The normalized spacial score (nSPS) is 19.1. The van der Waals surface area contributed by atoms with Crippen LogP contribution in [-0.2, 0) is 28.0 Å². The summed E-state index contributed by atoms with van der Waals surface area (Å²) < 4.78 is 5.41. The molecule has 0 amide bonds. The van der Waals surface area contributed by atoms with Gasteiger partial charge in [0.05, 0.1) is 5.92 Å². The van der Waals surface area contributed by atoms with Gasteiger partial charge in [0.1, 0.15) is 5.60 Å². The minimum atomic E-state index is -0.730. The third-order valence-corrected chi connectivity index (χ3v) is 3.88. The van der Waals surface area contributed by atoms with Crippen molar-refractivity contribution in [1.29, 1.82) is 0 Å². The number of hydrogen-bond acceptors (Lipinski definition) is 4. The quantitative estimate of drug-likeness (QED) is 0.902. The van der Waals surface area contributed by atoms with Crippen molar-refractivity contribution in [2.24, 2.45) is 5.92 Å². The van der Waals surface area contributed by atoms with E-state index in [9.17, 15) is 4.79 Å². The molecule has 0 bridgehead atoms. The number of carboxylic acid groups (broad SMARTS) is 1. The molecule has 0 aliphatic heterocycles. The van der Waals surface area contributed by atoms with E-state index in [0.29, 0.717) is 25.1 Å². The number of aryl methyl sites for hydroxylation is 2. The Morgan fingerprint density at radius 2 is 2.11 bits per heavy atom. The first-order valence-corrected chi connectivity index (χ1v) is 6.50. The van der Waals surface area contributed by atoms with Crippen molar-refractivity contribution in [3.8, 4) is 0 Å². The van der Waals surface area contributed by atoms with E-state index >= 15 is 0 Å². The van der Waals surface area contributed by atoms with Crippen LogP contribution in [0.2, 0.25) is 0 Å². The maximum absolute atomic E-state index is 11.1. The van der Waals surface area contributed by atoms with Crippen LogP contribution in [0.4, 0.5) is 0 Å².